The first-order chi connectivity index (χ1) is 16.1. The Balaban J connectivity index is 1.27. The highest BCUT2D eigenvalue weighted by atomic mass is 32.1. The smallest absolute Gasteiger partial charge is 0.276 e. The molecule has 0 aliphatic heterocycles. The van der Waals surface area contributed by atoms with E-state index in [1.807, 2.05) is 72.8 Å². The lowest BCUT2D eigenvalue weighted by molar-refractivity contribution is 0.102. The van der Waals surface area contributed by atoms with E-state index in [9.17, 15) is 9.59 Å². The topological polar surface area (TPSA) is 76.9 Å². The average Bonchev–Trinajstić information content (AvgIpc) is 3.25. The van der Waals surface area contributed by atoms with Gasteiger partial charge in [0.2, 0.25) is 0 Å². The number of amides is 1. The van der Waals surface area contributed by atoms with Crippen LogP contribution in [-0.4, -0.2) is 20.7 Å². The van der Waals surface area contributed by atoms with Crippen molar-refractivity contribution in [1.29, 1.82) is 0 Å². The van der Waals surface area contributed by atoms with Crippen LogP contribution in [-0.2, 0) is 13.0 Å². The van der Waals surface area contributed by atoms with E-state index in [4.69, 9.17) is 0 Å². The Hall–Kier alpha value is -4.10. The summed E-state index contributed by atoms with van der Waals surface area (Å²) < 4.78 is 2.48. The first kappa shape index (κ1) is 20.8. The Bertz CT molecular complexity index is 1440. The van der Waals surface area contributed by atoms with Crippen LogP contribution in [0.15, 0.2) is 95.8 Å². The van der Waals surface area contributed by atoms with E-state index in [1.54, 1.807) is 11.3 Å². The van der Waals surface area contributed by atoms with Crippen molar-refractivity contribution in [2.45, 2.75) is 13.0 Å². The monoisotopic (exact) mass is 452 g/mol. The van der Waals surface area contributed by atoms with E-state index >= 15 is 0 Å². The first-order valence-corrected chi connectivity index (χ1v) is 11.3. The third-order valence-corrected chi connectivity index (χ3v) is 6.22. The Labute approximate surface area is 194 Å². The van der Waals surface area contributed by atoms with Crippen molar-refractivity contribution >= 4 is 33.1 Å². The molecule has 0 fully saturated rings. The van der Waals surface area contributed by atoms with E-state index in [1.165, 1.54) is 21.5 Å². The van der Waals surface area contributed by atoms with Gasteiger partial charge < -0.3 is 5.32 Å². The quantitative estimate of drug-likeness (QED) is 0.404. The third kappa shape index (κ3) is 4.88. The summed E-state index contributed by atoms with van der Waals surface area (Å²) >= 11 is 1.69. The van der Waals surface area contributed by atoms with Crippen LogP contribution in [0.2, 0.25) is 0 Å². The summed E-state index contributed by atoms with van der Waals surface area (Å²) in [6.45, 7) is 0.307. The van der Waals surface area contributed by atoms with Crippen molar-refractivity contribution in [2.75, 3.05) is 5.32 Å². The molecule has 0 saturated heterocycles. The Morgan fingerprint density at radius 3 is 2.39 bits per heavy atom. The van der Waals surface area contributed by atoms with Gasteiger partial charge in [0.25, 0.3) is 11.5 Å². The molecule has 162 valence electrons. The lowest BCUT2D eigenvalue weighted by Crippen LogP contribution is -2.26. The number of benzene rings is 3. The number of nitrogens with one attached hydrogen (secondary N) is 1. The molecule has 2 aromatic heterocycles. The van der Waals surface area contributed by atoms with E-state index in [2.05, 4.69) is 21.5 Å². The highest BCUT2D eigenvalue weighted by molar-refractivity contribution is 7.18. The molecule has 0 aliphatic rings. The van der Waals surface area contributed by atoms with Crippen LogP contribution in [0.3, 0.4) is 0 Å². The number of aromatic nitrogens is 3. The molecular formula is C26H20N4O2S. The standard InChI is InChI=1S/C26H20N4O2S/c31-25-15-14-22(29-30(25)17-19-6-2-1-3-7-19)26(32)27-20-12-10-18(11-13-20)16-24-28-21-8-4-5-9-23(21)33-24/h1-15H,16-17H2,(H,27,32). The molecule has 0 bridgehead atoms. The number of nitrogens with zero attached hydrogens (tertiary/aromatic N) is 3. The maximum atomic E-state index is 12.7. The molecule has 1 N–H and O–H groups in total. The number of thiazole rings is 1. The van der Waals surface area contributed by atoms with Gasteiger partial charge in [0, 0.05) is 18.2 Å². The molecule has 33 heavy (non-hydrogen) atoms. The second kappa shape index (κ2) is 9.18. The summed E-state index contributed by atoms with van der Waals surface area (Å²) in [7, 11) is 0. The maximum absolute atomic E-state index is 12.7. The van der Waals surface area contributed by atoms with Gasteiger partial charge in [-0.05, 0) is 41.5 Å². The Morgan fingerprint density at radius 2 is 1.61 bits per heavy atom. The zero-order chi connectivity index (χ0) is 22.6. The molecule has 6 nitrogen and oxygen atoms in total. The molecule has 0 radical (unpaired) electrons. The third-order valence-electron chi connectivity index (χ3n) is 5.18. The summed E-state index contributed by atoms with van der Waals surface area (Å²) in [5.74, 6) is -0.365. The van der Waals surface area contributed by atoms with Gasteiger partial charge in [0.1, 0.15) is 5.69 Å². The molecule has 0 spiro atoms. The number of carbonyl (C=O) groups is 1. The van der Waals surface area contributed by atoms with Crippen LogP contribution in [0.25, 0.3) is 10.2 Å². The fourth-order valence-corrected chi connectivity index (χ4v) is 4.51. The summed E-state index contributed by atoms with van der Waals surface area (Å²) in [4.78, 5) is 29.6. The molecule has 0 unspecified atom stereocenters. The molecule has 1 amide bonds. The number of anilines is 1. The van der Waals surface area contributed by atoms with Crippen LogP contribution in [0, 0.1) is 0 Å². The molecule has 0 aliphatic carbocycles. The second-order valence-electron chi connectivity index (χ2n) is 7.60. The lowest BCUT2D eigenvalue weighted by atomic mass is 10.1. The normalized spacial score (nSPS) is 10.9. The highest BCUT2D eigenvalue weighted by Gasteiger charge is 2.11. The number of carbonyl (C=O) groups excluding carboxylic acids is 1. The molecule has 7 heteroatoms. The minimum atomic E-state index is -0.365. The average molecular weight is 453 g/mol. The SMILES string of the molecule is O=C(Nc1ccc(Cc2nc3ccccc3s2)cc1)c1ccc(=O)n(Cc2ccccc2)n1. The molecule has 0 atom stereocenters. The number of rotatable bonds is 6. The molecular weight excluding hydrogens is 432 g/mol. The van der Waals surface area contributed by atoms with Gasteiger partial charge >= 0.3 is 0 Å². The van der Waals surface area contributed by atoms with Crippen molar-refractivity contribution in [2.24, 2.45) is 0 Å². The molecule has 0 saturated carbocycles. The van der Waals surface area contributed by atoms with E-state index in [0.717, 1.165) is 28.1 Å². The van der Waals surface area contributed by atoms with Crippen molar-refractivity contribution in [3.63, 3.8) is 0 Å². The Kier molecular flexibility index (Phi) is 5.78. The van der Waals surface area contributed by atoms with Gasteiger partial charge in [-0.3, -0.25) is 9.59 Å². The highest BCUT2D eigenvalue weighted by Crippen LogP contribution is 2.24. The van der Waals surface area contributed by atoms with Gasteiger partial charge in [-0.1, -0.05) is 54.6 Å². The van der Waals surface area contributed by atoms with Gasteiger partial charge in [0.15, 0.2) is 0 Å². The van der Waals surface area contributed by atoms with E-state index in [0.29, 0.717) is 12.2 Å². The summed E-state index contributed by atoms with van der Waals surface area (Å²) in [5, 5.41) is 8.15. The molecule has 5 aromatic rings. The lowest BCUT2D eigenvalue weighted by Gasteiger charge is -2.08. The van der Waals surface area contributed by atoms with E-state index in [-0.39, 0.29) is 17.2 Å². The van der Waals surface area contributed by atoms with Crippen LogP contribution < -0.4 is 10.9 Å². The molecule has 2 heterocycles. The first-order valence-electron chi connectivity index (χ1n) is 10.5. The minimum absolute atomic E-state index is 0.184. The van der Waals surface area contributed by atoms with Crippen molar-refractivity contribution < 1.29 is 4.79 Å². The van der Waals surface area contributed by atoms with Gasteiger partial charge in [-0.2, -0.15) is 5.10 Å². The number of para-hydroxylation sites is 1. The summed E-state index contributed by atoms with van der Waals surface area (Å²) in [6, 6.07) is 28.1. The molecule has 3 aromatic carbocycles. The zero-order valence-corrected chi connectivity index (χ0v) is 18.5. The van der Waals surface area contributed by atoms with Gasteiger partial charge in [0.05, 0.1) is 21.8 Å². The maximum Gasteiger partial charge on any atom is 0.276 e. The van der Waals surface area contributed by atoms with Gasteiger partial charge in [-0.15, -0.1) is 11.3 Å². The van der Waals surface area contributed by atoms with Crippen molar-refractivity contribution in [1.82, 2.24) is 14.8 Å². The number of fused-ring (bicyclic) bond motifs is 1. The predicted octanol–water partition coefficient (Wildman–Crippen LogP) is 4.74. The van der Waals surface area contributed by atoms with E-state index < -0.39 is 0 Å². The second-order valence-corrected chi connectivity index (χ2v) is 8.72. The number of hydrogen-bond donors (Lipinski definition) is 1. The van der Waals surface area contributed by atoms with Crippen molar-refractivity contribution in [3.05, 3.63) is 123 Å². The van der Waals surface area contributed by atoms with Crippen molar-refractivity contribution in [3.8, 4) is 0 Å². The van der Waals surface area contributed by atoms with Crippen LogP contribution >= 0.6 is 11.3 Å². The fraction of sp³-hybridized carbons (Fsp3) is 0.0769. The van der Waals surface area contributed by atoms with Crippen LogP contribution in [0.5, 0.6) is 0 Å². The van der Waals surface area contributed by atoms with Crippen LogP contribution in [0.4, 0.5) is 5.69 Å². The summed E-state index contributed by atoms with van der Waals surface area (Å²) in [6.07, 6.45) is 0.736. The van der Waals surface area contributed by atoms with Crippen LogP contribution in [0.1, 0.15) is 26.6 Å². The largest absolute Gasteiger partial charge is 0.321 e. The predicted molar refractivity (Wildman–Crippen MR) is 131 cm³/mol. The summed E-state index contributed by atoms with van der Waals surface area (Å²) in [5.41, 5.74) is 3.66. The minimum Gasteiger partial charge on any atom is -0.321 e. The molecule has 5 rings (SSSR count). The number of hydrogen-bond acceptors (Lipinski definition) is 5. The zero-order valence-electron chi connectivity index (χ0n) is 17.6. The van der Waals surface area contributed by atoms with Gasteiger partial charge in [-0.25, -0.2) is 9.67 Å². The Morgan fingerprint density at radius 1 is 0.848 bits per heavy atom. The fourth-order valence-electron chi connectivity index (χ4n) is 3.51.